The van der Waals surface area contributed by atoms with Crippen LogP contribution in [-0.4, -0.2) is 15.6 Å². The number of furan rings is 1. The molecular formula is C24H14F3NO3. The van der Waals surface area contributed by atoms with E-state index in [9.17, 15) is 23.1 Å². The number of fused-ring (bicyclic) bond motifs is 3. The van der Waals surface area contributed by atoms with Crippen LogP contribution >= 0.6 is 0 Å². The van der Waals surface area contributed by atoms with E-state index in [0.29, 0.717) is 11.3 Å². The van der Waals surface area contributed by atoms with Crippen molar-refractivity contribution in [1.29, 1.82) is 0 Å². The van der Waals surface area contributed by atoms with Gasteiger partial charge in [0.25, 0.3) is 0 Å². The molecule has 0 saturated carbocycles. The van der Waals surface area contributed by atoms with Crippen molar-refractivity contribution in [2.45, 2.75) is 6.18 Å². The summed E-state index contributed by atoms with van der Waals surface area (Å²) < 4.78 is 46.3. The number of aromatic carboxylic acids is 1. The Morgan fingerprint density at radius 1 is 0.871 bits per heavy atom. The largest absolute Gasteiger partial charge is 0.475 e. The fraction of sp³-hybridized carbons (Fsp3) is 0.0417. The van der Waals surface area contributed by atoms with Gasteiger partial charge in [-0.2, -0.15) is 13.2 Å². The first kappa shape index (κ1) is 19.0. The van der Waals surface area contributed by atoms with Crippen LogP contribution in [0.5, 0.6) is 0 Å². The summed E-state index contributed by atoms with van der Waals surface area (Å²) in [5.41, 5.74) is 1.14. The molecule has 5 aromatic rings. The minimum Gasteiger partial charge on any atom is -0.475 e. The number of nitrogens with zero attached hydrogens (tertiary/aromatic N) is 1. The zero-order valence-electron chi connectivity index (χ0n) is 15.9. The Labute approximate surface area is 173 Å². The maximum Gasteiger partial charge on any atom is 0.416 e. The predicted molar refractivity (Wildman–Crippen MR) is 110 cm³/mol. The molecule has 0 radical (unpaired) electrons. The maximum absolute atomic E-state index is 13.0. The fourth-order valence-electron chi connectivity index (χ4n) is 3.80. The molecule has 7 heteroatoms. The van der Waals surface area contributed by atoms with Gasteiger partial charge in [-0.05, 0) is 46.7 Å². The highest BCUT2D eigenvalue weighted by molar-refractivity contribution is 6.09. The summed E-state index contributed by atoms with van der Waals surface area (Å²) in [4.78, 5) is 11.3. The third-order valence-electron chi connectivity index (χ3n) is 5.24. The van der Waals surface area contributed by atoms with E-state index in [1.807, 2.05) is 42.5 Å². The van der Waals surface area contributed by atoms with Crippen molar-refractivity contribution in [2.24, 2.45) is 0 Å². The summed E-state index contributed by atoms with van der Waals surface area (Å²) >= 11 is 0. The van der Waals surface area contributed by atoms with Crippen LogP contribution in [-0.2, 0) is 6.18 Å². The van der Waals surface area contributed by atoms with Gasteiger partial charge in [-0.15, -0.1) is 0 Å². The molecule has 154 valence electrons. The first-order valence-corrected chi connectivity index (χ1v) is 9.37. The molecule has 0 spiro atoms. The number of carboxylic acids is 1. The van der Waals surface area contributed by atoms with E-state index < -0.39 is 17.7 Å². The molecule has 0 atom stereocenters. The van der Waals surface area contributed by atoms with E-state index in [-0.39, 0.29) is 11.6 Å². The van der Waals surface area contributed by atoms with Crippen LogP contribution in [0.1, 0.15) is 16.1 Å². The van der Waals surface area contributed by atoms with Gasteiger partial charge in [-0.3, -0.25) is 4.57 Å². The van der Waals surface area contributed by atoms with Crippen molar-refractivity contribution in [3.8, 4) is 17.1 Å². The number of rotatable bonds is 3. The van der Waals surface area contributed by atoms with Gasteiger partial charge in [0.1, 0.15) is 0 Å². The molecule has 5 rings (SSSR count). The molecular weight excluding hydrogens is 407 g/mol. The Hall–Kier alpha value is -4.00. The van der Waals surface area contributed by atoms with Gasteiger partial charge in [-0.1, -0.05) is 42.5 Å². The number of carbonyl (C=O) groups is 1. The van der Waals surface area contributed by atoms with E-state index in [1.54, 1.807) is 4.57 Å². The third kappa shape index (κ3) is 3.15. The van der Waals surface area contributed by atoms with Crippen LogP contribution in [0.15, 0.2) is 83.3 Å². The molecule has 3 aromatic carbocycles. The number of hydrogen-bond donors (Lipinski definition) is 1. The fourth-order valence-corrected chi connectivity index (χ4v) is 3.80. The van der Waals surface area contributed by atoms with Gasteiger partial charge in [0, 0.05) is 11.5 Å². The van der Waals surface area contributed by atoms with Crippen molar-refractivity contribution in [3.05, 3.63) is 90.2 Å². The number of alkyl halides is 3. The van der Waals surface area contributed by atoms with Gasteiger partial charge < -0.3 is 9.52 Å². The lowest BCUT2D eigenvalue weighted by Crippen LogP contribution is -2.04. The molecule has 31 heavy (non-hydrogen) atoms. The summed E-state index contributed by atoms with van der Waals surface area (Å²) in [5, 5.41) is 12.1. The summed E-state index contributed by atoms with van der Waals surface area (Å²) in [7, 11) is 0. The smallest absolute Gasteiger partial charge is 0.416 e. The Morgan fingerprint density at radius 3 is 2.29 bits per heavy atom. The number of hydrogen-bond acceptors (Lipinski definition) is 2. The first-order valence-electron chi connectivity index (χ1n) is 9.37. The van der Waals surface area contributed by atoms with Crippen molar-refractivity contribution < 1.29 is 27.5 Å². The average Bonchev–Trinajstić information content (AvgIpc) is 3.38. The standard InChI is InChI=1S/C24H14F3NO3/c25-24(26,27)16-8-5-15(6-9-16)20-13-18-17-4-2-1-3-14(17)7-10-19(18)28(20)22-12-11-21(31-22)23(29)30/h1-13H,(H,29,30). The summed E-state index contributed by atoms with van der Waals surface area (Å²) in [5.74, 6) is -1.17. The van der Waals surface area contributed by atoms with Crippen LogP contribution in [0.4, 0.5) is 13.2 Å². The maximum atomic E-state index is 13.0. The zero-order chi connectivity index (χ0) is 21.8. The van der Waals surface area contributed by atoms with E-state index in [4.69, 9.17) is 4.42 Å². The lowest BCUT2D eigenvalue weighted by molar-refractivity contribution is -0.137. The van der Waals surface area contributed by atoms with Gasteiger partial charge in [0.05, 0.1) is 16.8 Å². The molecule has 0 saturated heterocycles. The minimum absolute atomic E-state index is 0.226. The van der Waals surface area contributed by atoms with Gasteiger partial charge in [0.2, 0.25) is 11.6 Å². The highest BCUT2D eigenvalue weighted by Crippen LogP contribution is 2.37. The van der Waals surface area contributed by atoms with Crippen LogP contribution in [0.2, 0.25) is 0 Å². The number of benzene rings is 3. The molecule has 0 aliphatic rings. The second-order valence-electron chi connectivity index (χ2n) is 7.10. The number of carboxylic acid groups (broad SMARTS) is 1. The summed E-state index contributed by atoms with van der Waals surface area (Å²) in [6.07, 6.45) is -4.43. The second-order valence-corrected chi connectivity index (χ2v) is 7.10. The van der Waals surface area contributed by atoms with E-state index in [2.05, 4.69) is 0 Å². The van der Waals surface area contributed by atoms with Gasteiger partial charge >= 0.3 is 12.1 Å². The molecule has 0 amide bonds. The summed E-state index contributed by atoms with van der Waals surface area (Å²) in [6, 6.07) is 21.2. The minimum atomic E-state index is -4.43. The summed E-state index contributed by atoms with van der Waals surface area (Å²) in [6.45, 7) is 0. The Bertz CT molecular complexity index is 1440. The predicted octanol–water partition coefficient (Wildman–Crippen LogP) is 6.76. The number of aromatic nitrogens is 1. The van der Waals surface area contributed by atoms with Crippen LogP contribution in [0.25, 0.3) is 38.8 Å². The number of halogens is 3. The second kappa shape index (κ2) is 6.77. The first-order chi connectivity index (χ1) is 14.8. The van der Waals surface area contributed by atoms with Gasteiger partial charge in [-0.25, -0.2) is 4.79 Å². The Balaban J connectivity index is 1.79. The molecule has 0 fully saturated rings. The molecule has 0 unspecified atom stereocenters. The SMILES string of the molecule is O=C(O)c1ccc(-n2c(-c3ccc(C(F)(F)F)cc3)cc3c4ccccc4ccc32)o1. The van der Waals surface area contributed by atoms with E-state index in [1.165, 1.54) is 24.3 Å². The lowest BCUT2D eigenvalue weighted by Gasteiger charge is -2.10. The van der Waals surface area contributed by atoms with Crippen LogP contribution < -0.4 is 0 Å². The van der Waals surface area contributed by atoms with Crippen LogP contribution in [0.3, 0.4) is 0 Å². The van der Waals surface area contributed by atoms with Crippen molar-refractivity contribution in [3.63, 3.8) is 0 Å². The highest BCUT2D eigenvalue weighted by Gasteiger charge is 2.30. The van der Waals surface area contributed by atoms with Crippen molar-refractivity contribution in [1.82, 2.24) is 4.57 Å². The Morgan fingerprint density at radius 2 is 1.61 bits per heavy atom. The normalized spacial score (nSPS) is 12.0. The van der Waals surface area contributed by atoms with Crippen molar-refractivity contribution in [2.75, 3.05) is 0 Å². The molecule has 2 heterocycles. The highest BCUT2D eigenvalue weighted by atomic mass is 19.4. The molecule has 0 aliphatic heterocycles. The Kier molecular flexibility index (Phi) is 4.15. The van der Waals surface area contributed by atoms with Crippen molar-refractivity contribution >= 4 is 27.6 Å². The molecule has 0 aliphatic carbocycles. The van der Waals surface area contributed by atoms with E-state index >= 15 is 0 Å². The topological polar surface area (TPSA) is 55.4 Å². The molecule has 4 nitrogen and oxygen atoms in total. The van der Waals surface area contributed by atoms with Crippen LogP contribution in [0, 0.1) is 0 Å². The monoisotopic (exact) mass is 421 g/mol. The van der Waals surface area contributed by atoms with Gasteiger partial charge in [0.15, 0.2) is 0 Å². The average molecular weight is 421 g/mol. The zero-order valence-corrected chi connectivity index (χ0v) is 15.9. The third-order valence-corrected chi connectivity index (χ3v) is 5.24. The lowest BCUT2D eigenvalue weighted by atomic mass is 10.1. The molecule has 2 aromatic heterocycles. The molecule has 0 bridgehead atoms. The van der Waals surface area contributed by atoms with E-state index in [0.717, 1.165) is 33.8 Å². The molecule has 1 N–H and O–H groups in total. The quantitative estimate of drug-likeness (QED) is 0.350.